The Morgan fingerprint density at radius 1 is 1.39 bits per heavy atom. The molecule has 0 aliphatic rings. The first kappa shape index (κ1) is 12.6. The number of anilines is 1. The number of aromatic nitrogens is 1. The van der Waals surface area contributed by atoms with Gasteiger partial charge in [0.1, 0.15) is 5.82 Å². The standard InChI is InChI=1S/C13H11FN2OS/c1-8-11(3-2-6-15-8)16-13(17)9-4-5-10(14)12(18)7-9/h2-7,18H,1H3,(H,16,17). The van der Waals surface area contributed by atoms with Crippen molar-refractivity contribution in [2.75, 3.05) is 5.32 Å². The smallest absolute Gasteiger partial charge is 0.255 e. The zero-order valence-corrected chi connectivity index (χ0v) is 10.5. The molecule has 0 aliphatic carbocycles. The molecule has 5 heteroatoms. The number of carbonyl (C=O) groups excluding carboxylic acids is 1. The maximum absolute atomic E-state index is 13.0. The van der Waals surface area contributed by atoms with Crippen LogP contribution in [-0.2, 0) is 0 Å². The fourth-order valence-electron chi connectivity index (χ4n) is 1.46. The molecular formula is C13H11FN2OS. The highest BCUT2D eigenvalue weighted by Gasteiger charge is 2.09. The maximum atomic E-state index is 13.0. The zero-order chi connectivity index (χ0) is 13.1. The molecule has 0 radical (unpaired) electrons. The van der Waals surface area contributed by atoms with E-state index in [-0.39, 0.29) is 10.8 Å². The zero-order valence-electron chi connectivity index (χ0n) is 9.64. The van der Waals surface area contributed by atoms with E-state index in [1.807, 2.05) is 0 Å². The molecule has 92 valence electrons. The molecule has 0 atom stereocenters. The molecule has 0 unspecified atom stereocenters. The van der Waals surface area contributed by atoms with Gasteiger partial charge in [-0.05, 0) is 37.3 Å². The van der Waals surface area contributed by atoms with Crippen LogP contribution in [0, 0.1) is 12.7 Å². The summed E-state index contributed by atoms with van der Waals surface area (Å²) in [6, 6.07) is 7.51. The Labute approximate surface area is 109 Å². The first-order valence-electron chi connectivity index (χ1n) is 5.29. The van der Waals surface area contributed by atoms with E-state index in [2.05, 4.69) is 22.9 Å². The van der Waals surface area contributed by atoms with Crippen LogP contribution in [0.5, 0.6) is 0 Å². The number of benzene rings is 1. The second kappa shape index (κ2) is 5.18. The Balaban J connectivity index is 2.22. The van der Waals surface area contributed by atoms with Crippen molar-refractivity contribution in [3.63, 3.8) is 0 Å². The molecule has 1 amide bonds. The van der Waals surface area contributed by atoms with Crippen molar-refractivity contribution in [3.05, 3.63) is 53.6 Å². The predicted octanol–water partition coefficient (Wildman–Crippen LogP) is 3.07. The second-order valence-corrected chi connectivity index (χ2v) is 4.24. The Kier molecular flexibility index (Phi) is 3.62. The van der Waals surface area contributed by atoms with Crippen molar-refractivity contribution in [1.82, 2.24) is 4.98 Å². The summed E-state index contributed by atoms with van der Waals surface area (Å²) in [6.07, 6.45) is 1.65. The van der Waals surface area contributed by atoms with Gasteiger partial charge in [0.05, 0.1) is 11.4 Å². The van der Waals surface area contributed by atoms with Gasteiger partial charge in [-0.2, -0.15) is 0 Å². The first-order valence-corrected chi connectivity index (χ1v) is 5.74. The van der Waals surface area contributed by atoms with Gasteiger partial charge < -0.3 is 5.32 Å². The lowest BCUT2D eigenvalue weighted by molar-refractivity contribution is 0.102. The third kappa shape index (κ3) is 2.68. The van der Waals surface area contributed by atoms with E-state index in [1.54, 1.807) is 25.3 Å². The molecule has 1 aromatic heterocycles. The van der Waals surface area contributed by atoms with Crippen LogP contribution in [0.2, 0.25) is 0 Å². The number of nitrogens with one attached hydrogen (secondary N) is 1. The number of hydrogen-bond donors (Lipinski definition) is 2. The molecule has 0 saturated carbocycles. The van der Waals surface area contributed by atoms with Crippen molar-refractivity contribution in [1.29, 1.82) is 0 Å². The van der Waals surface area contributed by atoms with E-state index in [0.717, 1.165) is 5.69 Å². The van der Waals surface area contributed by atoms with Gasteiger partial charge in [-0.25, -0.2) is 4.39 Å². The normalized spacial score (nSPS) is 10.2. The highest BCUT2D eigenvalue weighted by Crippen LogP contribution is 2.16. The van der Waals surface area contributed by atoms with Crippen LogP contribution in [0.3, 0.4) is 0 Å². The van der Waals surface area contributed by atoms with Crippen LogP contribution in [-0.4, -0.2) is 10.9 Å². The van der Waals surface area contributed by atoms with Crippen LogP contribution in [0.1, 0.15) is 16.1 Å². The van der Waals surface area contributed by atoms with Gasteiger partial charge in [0.25, 0.3) is 5.91 Å². The fraction of sp³-hybridized carbons (Fsp3) is 0.0769. The lowest BCUT2D eigenvalue weighted by atomic mass is 10.2. The summed E-state index contributed by atoms with van der Waals surface area (Å²) in [6.45, 7) is 1.80. The third-order valence-corrected chi connectivity index (χ3v) is 2.81. The largest absolute Gasteiger partial charge is 0.320 e. The van der Waals surface area contributed by atoms with Gasteiger partial charge in [-0.15, -0.1) is 12.6 Å². The van der Waals surface area contributed by atoms with Crippen LogP contribution in [0.15, 0.2) is 41.4 Å². The minimum absolute atomic E-state index is 0.144. The van der Waals surface area contributed by atoms with E-state index in [1.165, 1.54) is 18.2 Å². The minimum atomic E-state index is -0.451. The molecule has 0 fully saturated rings. The molecule has 2 aromatic rings. The summed E-state index contributed by atoms with van der Waals surface area (Å²) in [4.78, 5) is 16.1. The number of rotatable bonds is 2. The summed E-state index contributed by atoms with van der Waals surface area (Å²) in [5, 5.41) is 2.72. The molecular weight excluding hydrogens is 251 g/mol. The minimum Gasteiger partial charge on any atom is -0.320 e. The molecule has 0 spiro atoms. The number of amides is 1. The van der Waals surface area contributed by atoms with Crippen molar-refractivity contribution >= 4 is 24.2 Å². The van der Waals surface area contributed by atoms with E-state index >= 15 is 0 Å². The Bertz CT molecular complexity index is 601. The number of thiol groups is 1. The van der Waals surface area contributed by atoms with Crippen LogP contribution in [0.4, 0.5) is 10.1 Å². The van der Waals surface area contributed by atoms with Crippen LogP contribution in [0.25, 0.3) is 0 Å². The summed E-state index contributed by atoms with van der Waals surface area (Å²) in [5.41, 5.74) is 1.70. The molecule has 1 aromatic carbocycles. The number of nitrogens with zero attached hydrogens (tertiary/aromatic N) is 1. The molecule has 1 N–H and O–H groups in total. The average molecular weight is 262 g/mol. The Hall–Kier alpha value is -1.88. The number of halogens is 1. The quantitative estimate of drug-likeness (QED) is 0.817. The van der Waals surface area contributed by atoms with Gasteiger partial charge in [0.15, 0.2) is 0 Å². The number of hydrogen-bond acceptors (Lipinski definition) is 3. The number of carbonyl (C=O) groups is 1. The Morgan fingerprint density at radius 2 is 2.17 bits per heavy atom. The molecule has 1 heterocycles. The van der Waals surface area contributed by atoms with Crippen molar-refractivity contribution in [3.8, 4) is 0 Å². The van der Waals surface area contributed by atoms with Gasteiger partial charge >= 0.3 is 0 Å². The van der Waals surface area contributed by atoms with E-state index in [0.29, 0.717) is 11.3 Å². The predicted molar refractivity (Wildman–Crippen MR) is 70.6 cm³/mol. The van der Waals surface area contributed by atoms with Crippen molar-refractivity contribution in [2.45, 2.75) is 11.8 Å². The van der Waals surface area contributed by atoms with Gasteiger partial charge in [-0.1, -0.05) is 0 Å². The summed E-state index contributed by atoms with van der Waals surface area (Å²) in [7, 11) is 0. The topological polar surface area (TPSA) is 42.0 Å². The second-order valence-electron chi connectivity index (χ2n) is 3.76. The summed E-state index contributed by atoms with van der Waals surface area (Å²) in [5.74, 6) is -0.770. The lowest BCUT2D eigenvalue weighted by Crippen LogP contribution is -2.13. The Morgan fingerprint density at radius 3 is 2.83 bits per heavy atom. The monoisotopic (exact) mass is 262 g/mol. The first-order chi connectivity index (χ1) is 8.58. The maximum Gasteiger partial charge on any atom is 0.255 e. The number of aryl methyl sites for hydroxylation is 1. The summed E-state index contributed by atoms with van der Waals surface area (Å²) >= 11 is 3.94. The highest BCUT2D eigenvalue weighted by molar-refractivity contribution is 7.80. The molecule has 3 nitrogen and oxygen atoms in total. The van der Waals surface area contributed by atoms with E-state index in [9.17, 15) is 9.18 Å². The molecule has 0 aliphatic heterocycles. The van der Waals surface area contributed by atoms with Crippen LogP contribution >= 0.6 is 12.6 Å². The molecule has 0 saturated heterocycles. The third-order valence-electron chi connectivity index (χ3n) is 2.46. The molecule has 2 rings (SSSR count). The molecule has 18 heavy (non-hydrogen) atoms. The van der Waals surface area contributed by atoms with Crippen molar-refractivity contribution in [2.24, 2.45) is 0 Å². The fourth-order valence-corrected chi connectivity index (χ4v) is 1.68. The molecule has 0 bridgehead atoms. The van der Waals surface area contributed by atoms with Crippen molar-refractivity contribution < 1.29 is 9.18 Å². The lowest BCUT2D eigenvalue weighted by Gasteiger charge is -2.07. The van der Waals surface area contributed by atoms with E-state index < -0.39 is 5.82 Å². The number of pyridine rings is 1. The van der Waals surface area contributed by atoms with Gasteiger partial charge in [0, 0.05) is 16.7 Å². The highest BCUT2D eigenvalue weighted by atomic mass is 32.1. The summed E-state index contributed by atoms with van der Waals surface area (Å²) < 4.78 is 13.0. The average Bonchev–Trinajstić information content (AvgIpc) is 2.35. The van der Waals surface area contributed by atoms with Gasteiger partial charge in [0.2, 0.25) is 0 Å². The van der Waals surface area contributed by atoms with Crippen LogP contribution < -0.4 is 5.32 Å². The SMILES string of the molecule is Cc1ncccc1NC(=O)c1ccc(F)c(S)c1. The van der Waals surface area contributed by atoms with Gasteiger partial charge in [-0.3, -0.25) is 9.78 Å². The van der Waals surface area contributed by atoms with E-state index in [4.69, 9.17) is 0 Å².